The quantitative estimate of drug-likeness (QED) is 0.503. The Morgan fingerprint density at radius 2 is 2.08 bits per heavy atom. The molecular formula is C11H19N. The zero-order chi connectivity index (χ0) is 9.56. The highest BCUT2D eigenvalue weighted by molar-refractivity contribution is 5.12. The molecule has 0 saturated heterocycles. The Morgan fingerprint density at radius 3 is 2.50 bits per heavy atom. The van der Waals surface area contributed by atoms with Crippen molar-refractivity contribution in [2.24, 2.45) is 11.7 Å². The molecule has 0 bridgehead atoms. The van der Waals surface area contributed by atoms with E-state index < -0.39 is 0 Å². The fourth-order valence-corrected chi connectivity index (χ4v) is 0.709. The van der Waals surface area contributed by atoms with E-state index in [-0.39, 0.29) is 0 Å². The first-order chi connectivity index (χ1) is 5.54. The second-order valence-corrected chi connectivity index (χ2v) is 3.32. The van der Waals surface area contributed by atoms with Crippen LogP contribution in [0.1, 0.15) is 27.2 Å². The van der Waals surface area contributed by atoms with Crippen LogP contribution in [-0.2, 0) is 0 Å². The van der Waals surface area contributed by atoms with Crippen LogP contribution in [0, 0.1) is 5.92 Å². The molecule has 1 heteroatoms. The van der Waals surface area contributed by atoms with Gasteiger partial charge in [0.1, 0.15) is 0 Å². The van der Waals surface area contributed by atoms with E-state index >= 15 is 0 Å². The Hall–Kier alpha value is -0.980. The minimum atomic E-state index is 0.616. The minimum Gasteiger partial charge on any atom is -0.399 e. The summed E-state index contributed by atoms with van der Waals surface area (Å²) in [5, 5.41) is 0. The Morgan fingerprint density at radius 1 is 1.50 bits per heavy atom. The smallest absolute Gasteiger partial charge is 0.0237 e. The van der Waals surface area contributed by atoms with E-state index in [1.165, 1.54) is 5.57 Å². The summed E-state index contributed by atoms with van der Waals surface area (Å²) in [6.45, 7) is 10.1. The van der Waals surface area contributed by atoms with Crippen LogP contribution in [0.15, 0.2) is 36.1 Å². The second kappa shape index (κ2) is 5.64. The summed E-state index contributed by atoms with van der Waals surface area (Å²) >= 11 is 0. The average Bonchev–Trinajstić information content (AvgIpc) is 1.97. The van der Waals surface area contributed by atoms with Crippen LogP contribution in [0.25, 0.3) is 0 Å². The summed E-state index contributed by atoms with van der Waals surface area (Å²) in [5.74, 6) is 0.638. The molecule has 0 spiro atoms. The van der Waals surface area contributed by atoms with Crippen molar-refractivity contribution in [3.05, 3.63) is 36.1 Å². The Kier molecular flexibility index (Phi) is 5.18. The number of rotatable bonds is 4. The summed E-state index contributed by atoms with van der Waals surface area (Å²) in [6.07, 6.45) is 7.02. The van der Waals surface area contributed by atoms with Crippen molar-refractivity contribution < 1.29 is 0 Å². The van der Waals surface area contributed by atoms with Gasteiger partial charge in [0.25, 0.3) is 0 Å². The average molecular weight is 165 g/mol. The largest absolute Gasteiger partial charge is 0.399 e. The van der Waals surface area contributed by atoms with Crippen molar-refractivity contribution >= 4 is 0 Å². The lowest BCUT2D eigenvalue weighted by Gasteiger charge is -2.02. The maximum Gasteiger partial charge on any atom is 0.0237 e. The Labute approximate surface area is 75.7 Å². The van der Waals surface area contributed by atoms with Crippen LogP contribution in [-0.4, -0.2) is 0 Å². The van der Waals surface area contributed by atoms with E-state index in [0.717, 1.165) is 6.42 Å². The molecule has 68 valence electrons. The molecule has 1 nitrogen and oxygen atoms in total. The molecule has 0 atom stereocenters. The molecule has 0 rings (SSSR count). The van der Waals surface area contributed by atoms with Crippen molar-refractivity contribution in [1.82, 2.24) is 0 Å². The highest BCUT2D eigenvalue weighted by atomic mass is 14.5. The van der Waals surface area contributed by atoms with Crippen molar-refractivity contribution in [2.45, 2.75) is 27.2 Å². The third-order valence-corrected chi connectivity index (χ3v) is 1.82. The van der Waals surface area contributed by atoms with Gasteiger partial charge in [0.15, 0.2) is 0 Å². The molecule has 0 radical (unpaired) electrons. The maximum absolute atomic E-state index is 5.37. The molecule has 2 N–H and O–H groups in total. The maximum atomic E-state index is 5.37. The van der Waals surface area contributed by atoms with Crippen LogP contribution < -0.4 is 5.73 Å². The molecule has 12 heavy (non-hydrogen) atoms. The van der Waals surface area contributed by atoms with E-state index in [4.69, 9.17) is 5.73 Å². The lowest BCUT2D eigenvalue weighted by molar-refractivity contribution is 0.765. The number of hydrogen-bond acceptors (Lipinski definition) is 1. The van der Waals surface area contributed by atoms with Crippen molar-refractivity contribution in [2.75, 3.05) is 0 Å². The first kappa shape index (κ1) is 11.0. The summed E-state index contributed by atoms with van der Waals surface area (Å²) in [7, 11) is 0. The van der Waals surface area contributed by atoms with E-state index in [0.29, 0.717) is 11.6 Å². The van der Waals surface area contributed by atoms with Gasteiger partial charge in [-0.15, -0.1) is 0 Å². The van der Waals surface area contributed by atoms with Gasteiger partial charge in [-0.1, -0.05) is 38.2 Å². The van der Waals surface area contributed by atoms with Crippen molar-refractivity contribution in [1.29, 1.82) is 0 Å². The fourth-order valence-electron chi connectivity index (χ4n) is 0.709. The van der Waals surface area contributed by atoms with E-state index in [2.05, 4.69) is 33.4 Å². The van der Waals surface area contributed by atoms with Gasteiger partial charge in [-0.3, -0.25) is 0 Å². The van der Waals surface area contributed by atoms with E-state index in [1.54, 1.807) is 0 Å². The first-order valence-corrected chi connectivity index (χ1v) is 4.31. The van der Waals surface area contributed by atoms with Gasteiger partial charge in [-0.05, 0) is 25.3 Å². The SMILES string of the molecule is C=C(N)/C=C\C/C=C(\C)C(C)C. The molecule has 0 aliphatic carbocycles. The number of allylic oxidation sites excluding steroid dienone is 4. The highest BCUT2D eigenvalue weighted by Gasteiger charge is 1.92. The fraction of sp³-hybridized carbons (Fsp3) is 0.455. The zero-order valence-corrected chi connectivity index (χ0v) is 8.30. The molecule has 0 saturated carbocycles. The highest BCUT2D eigenvalue weighted by Crippen LogP contribution is 2.08. The van der Waals surface area contributed by atoms with Gasteiger partial charge in [0.05, 0.1) is 0 Å². The lowest BCUT2D eigenvalue weighted by Crippen LogP contribution is -1.89. The molecule has 0 aliphatic heterocycles. The van der Waals surface area contributed by atoms with Crippen LogP contribution in [0.2, 0.25) is 0 Å². The molecule has 0 aromatic rings. The predicted molar refractivity (Wildman–Crippen MR) is 55.7 cm³/mol. The summed E-state index contributed by atoms with van der Waals surface area (Å²) in [6, 6.07) is 0. The number of nitrogens with two attached hydrogens (primary N) is 1. The van der Waals surface area contributed by atoms with Crippen LogP contribution in [0.3, 0.4) is 0 Å². The molecule has 0 heterocycles. The van der Waals surface area contributed by atoms with Crippen LogP contribution >= 0.6 is 0 Å². The van der Waals surface area contributed by atoms with Gasteiger partial charge in [-0.25, -0.2) is 0 Å². The zero-order valence-electron chi connectivity index (χ0n) is 8.30. The Balaban J connectivity index is 3.82. The van der Waals surface area contributed by atoms with E-state index in [1.807, 2.05) is 12.2 Å². The van der Waals surface area contributed by atoms with Gasteiger partial charge in [-0.2, -0.15) is 0 Å². The van der Waals surface area contributed by atoms with Crippen LogP contribution in [0.4, 0.5) is 0 Å². The normalized spacial score (nSPS) is 12.8. The van der Waals surface area contributed by atoms with Crippen LogP contribution in [0.5, 0.6) is 0 Å². The standard InChI is InChI=1S/C11H19N/c1-9(2)10(3)7-5-6-8-11(4)12/h6-9H,4-5,12H2,1-3H3/b8-6-,10-7+. The third kappa shape index (κ3) is 5.78. The molecule has 0 aliphatic rings. The summed E-state index contributed by atoms with van der Waals surface area (Å²) in [5.41, 5.74) is 7.40. The third-order valence-electron chi connectivity index (χ3n) is 1.82. The van der Waals surface area contributed by atoms with E-state index in [9.17, 15) is 0 Å². The molecule has 0 aromatic heterocycles. The lowest BCUT2D eigenvalue weighted by atomic mass is 10.0. The number of hydrogen-bond donors (Lipinski definition) is 1. The van der Waals surface area contributed by atoms with Crippen molar-refractivity contribution in [3.63, 3.8) is 0 Å². The summed E-state index contributed by atoms with van der Waals surface area (Å²) in [4.78, 5) is 0. The molecule has 0 amide bonds. The molecule has 0 unspecified atom stereocenters. The van der Waals surface area contributed by atoms with Gasteiger partial charge in [0.2, 0.25) is 0 Å². The molecule has 0 aromatic carbocycles. The molecule has 0 fully saturated rings. The molecular weight excluding hydrogens is 146 g/mol. The van der Waals surface area contributed by atoms with Gasteiger partial charge >= 0.3 is 0 Å². The second-order valence-electron chi connectivity index (χ2n) is 3.32. The predicted octanol–water partition coefficient (Wildman–Crippen LogP) is 3.01. The minimum absolute atomic E-state index is 0.616. The van der Waals surface area contributed by atoms with Crippen molar-refractivity contribution in [3.8, 4) is 0 Å². The monoisotopic (exact) mass is 165 g/mol. The van der Waals surface area contributed by atoms with Gasteiger partial charge < -0.3 is 5.73 Å². The topological polar surface area (TPSA) is 26.0 Å². The van der Waals surface area contributed by atoms with Gasteiger partial charge in [0, 0.05) is 5.70 Å². The first-order valence-electron chi connectivity index (χ1n) is 4.31. The summed E-state index contributed by atoms with van der Waals surface area (Å²) < 4.78 is 0. The Bertz CT molecular complexity index is 197.